The molecule has 37 heavy (non-hydrogen) atoms. The van der Waals surface area contributed by atoms with Crippen molar-refractivity contribution in [1.82, 2.24) is 9.55 Å². The fourth-order valence-corrected chi connectivity index (χ4v) is 3.47. The van der Waals surface area contributed by atoms with Gasteiger partial charge >= 0.3 is 0 Å². The Labute approximate surface area is 234 Å². The summed E-state index contributed by atoms with van der Waals surface area (Å²) in [6.45, 7) is 15.3. The molecule has 0 fully saturated rings. The largest absolute Gasteiger partial charge is 0.512 e. The summed E-state index contributed by atoms with van der Waals surface area (Å²) in [6.07, 6.45) is 5.47. The van der Waals surface area contributed by atoms with Crippen LogP contribution < -0.4 is 0 Å². The maximum atomic E-state index is 11.5. The summed E-state index contributed by atoms with van der Waals surface area (Å²) < 4.78 is 2.14. The zero-order valence-corrected chi connectivity index (χ0v) is 25.4. The number of aryl methyl sites for hydroxylation is 2. The maximum Gasteiger partial charge on any atom is 0.164 e. The monoisotopic (exact) mass is 674 g/mol. The summed E-state index contributed by atoms with van der Waals surface area (Å²) in [5.41, 5.74) is 5.89. The number of pyridine rings is 1. The molecule has 0 bridgehead atoms. The fraction of sp³-hybridized carbons (Fsp3) is 0.312. The number of aromatic nitrogens is 2. The first kappa shape index (κ1) is 30.2. The number of aliphatic hydroxyl groups is 1. The van der Waals surface area contributed by atoms with E-state index in [0.717, 1.165) is 22.2 Å². The number of carbonyl (C=O) groups excluding carboxylic acids is 1. The van der Waals surface area contributed by atoms with Crippen molar-refractivity contribution in [2.24, 2.45) is 10.8 Å². The molecule has 4 rings (SSSR count). The molecule has 2 aromatic heterocycles. The SMILES string of the molecule is CC(C)(C)C(=O)/C=C(\O)C(C)(C)C.Cc1cc[c-]c(-c2ccc3cc(-n4cccc4)c(C)cc3n2)c1.[Ir]. The predicted molar refractivity (Wildman–Crippen MR) is 149 cm³/mol. The molecule has 0 spiro atoms. The number of nitrogens with zero attached hydrogens (tertiary/aromatic N) is 2. The second-order valence-electron chi connectivity index (χ2n) is 11.3. The number of benzene rings is 2. The van der Waals surface area contributed by atoms with Gasteiger partial charge in [-0.05, 0) is 42.4 Å². The van der Waals surface area contributed by atoms with Gasteiger partial charge in [-0.2, -0.15) is 0 Å². The standard InChI is InChI=1S/C21H17N2.C11H20O2.Ir/c1-15-6-5-7-17(12-15)19-9-8-18-14-21(23-10-3-4-11-23)16(2)13-20(18)22-19;1-10(2,3)8(12)7-9(13)11(4,5)6;/h3-6,8-14H,1-2H3;7,12H,1-6H3;/q-1;;/b;8-7-;. The van der Waals surface area contributed by atoms with Crippen molar-refractivity contribution >= 4 is 16.7 Å². The van der Waals surface area contributed by atoms with Crippen molar-refractivity contribution in [3.63, 3.8) is 0 Å². The molecule has 0 aliphatic heterocycles. The fourth-order valence-electron chi connectivity index (χ4n) is 3.47. The van der Waals surface area contributed by atoms with E-state index in [0.29, 0.717) is 0 Å². The van der Waals surface area contributed by atoms with Crippen LogP contribution in [0.3, 0.4) is 0 Å². The minimum absolute atomic E-state index is 0. The molecular weight excluding hydrogens is 637 g/mol. The molecule has 1 N–H and O–H groups in total. The smallest absolute Gasteiger partial charge is 0.164 e. The molecule has 4 aromatic rings. The van der Waals surface area contributed by atoms with Gasteiger partial charge in [0.25, 0.3) is 0 Å². The van der Waals surface area contributed by atoms with Crippen molar-refractivity contribution < 1.29 is 30.0 Å². The number of carbonyl (C=O) groups is 1. The van der Waals surface area contributed by atoms with Gasteiger partial charge in [0.1, 0.15) is 5.76 Å². The van der Waals surface area contributed by atoms with Crippen LogP contribution in [-0.4, -0.2) is 20.4 Å². The van der Waals surface area contributed by atoms with Gasteiger partial charge in [0.15, 0.2) is 5.78 Å². The Kier molecular flexibility index (Phi) is 9.82. The van der Waals surface area contributed by atoms with Crippen LogP contribution >= 0.6 is 0 Å². The van der Waals surface area contributed by atoms with Gasteiger partial charge in [-0.15, -0.1) is 35.4 Å². The van der Waals surface area contributed by atoms with Gasteiger partial charge in [-0.25, -0.2) is 0 Å². The first-order valence-electron chi connectivity index (χ1n) is 12.2. The third kappa shape index (κ3) is 7.98. The van der Waals surface area contributed by atoms with Gasteiger partial charge in [-0.3, -0.25) is 9.78 Å². The van der Waals surface area contributed by atoms with E-state index < -0.39 is 5.41 Å². The van der Waals surface area contributed by atoms with Crippen molar-refractivity contribution in [3.05, 3.63) is 96.0 Å². The second kappa shape index (κ2) is 12.0. The Hall–Kier alpha value is -3.01. The number of allylic oxidation sites excluding steroid dienone is 2. The van der Waals surface area contributed by atoms with Crippen LogP contribution in [-0.2, 0) is 24.9 Å². The molecule has 0 unspecified atom stereocenters. The van der Waals surface area contributed by atoms with Crippen LogP contribution in [0.4, 0.5) is 0 Å². The topological polar surface area (TPSA) is 55.1 Å². The Bertz CT molecular complexity index is 1390. The van der Waals surface area contributed by atoms with E-state index >= 15 is 0 Å². The normalized spacial score (nSPS) is 11.9. The molecule has 0 aliphatic carbocycles. The molecule has 2 aromatic carbocycles. The number of hydrogen-bond donors (Lipinski definition) is 1. The Morgan fingerprint density at radius 2 is 1.59 bits per heavy atom. The third-order valence-electron chi connectivity index (χ3n) is 5.90. The van der Waals surface area contributed by atoms with Crippen LogP contribution in [0, 0.1) is 30.7 Å². The van der Waals surface area contributed by atoms with E-state index in [1.807, 2.05) is 59.7 Å². The van der Waals surface area contributed by atoms with E-state index in [9.17, 15) is 9.90 Å². The van der Waals surface area contributed by atoms with Crippen molar-refractivity contribution in [3.8, 4) is 16.9 Å². The van der Waals surface area contributed by atoms with E-state index in [4.69, 9.17) is 4.98 Å². The van der Waals surface area contributed by atoms with Gasteiger partial charge < -0.3 is 9.67 Å². The molecular formula is C32H37IrN2O2-. The van der Waals surface area contributed by atoms with E-state index in [1.165, 1.54) is 22.9 Å². The van der Waals surface area contributed by atoms with E-state index in [-0.39, 0.29) is 37.1 Å². The number of aliphatic hydroxyl groups excluding tert-OH is 1. The quantitative estimate of drug-likeness (QED) is 0.136. The molecule has 197 valence electrons. The van der Waals surface area contributed by atoms with Crippen molar-refractivity contribution in [1.29, 1.82) is 0 Å². The summed E-state index contributed by atoms with van der Waals surface area (Å²) in [7, 11) is 0. The summed E-state index contributed by atoms with van der Waals surface area (Å²) in [5, 5.41) is 10.7. The molecule has 2 heterocycles. The minimum atomic E-state index is -0.417. The van der Waals surface area contributed by atoms with E-state index in [2.05, 4.69) is 73.3 Å². The van der Waals surface area contributed by atoms with E-state index in [1.54, 1.807) is 0 Å². The summed E-state index contributed by atoms with van der Waals surface area (Å²) in [6, 6.07) is 22.0. The van der Waals surface area contributed by atoms with Crippen molar-refractivity contribution in [2.75, 3.05) is 0 Å². The first-order valence-corrected chi connectivity index (χ1v) is 12.2. The molecule has 0 amide bonds. The average Bonchev–Trinajstić information content (AvgIpc) is 3.32. The minimum Gasteiger partial charge on any atom is -0.512 e. The molecule has 0 saturated heterocycles. The van der Waals surface area contributed by atoms with Gasteiger partial charge in [0.05, 0.1) is 5.52 Å². The van der Waals surface area contributed by atoms with Gasteiger partial charge in [0.2, 0.25) is 0 Å². The molecule has 0 saturated carbocycles. The number of fused-ring (bicyclic) bond motifs is 1. The zero-order chi connectivity index (χ0) is 26.7. The Morgan fingerprint density at radius 3 is 2.16 bits per heavy atom. The second-order valence-corrected chi connectivity index (χ2v) is 11.3. The van der Waals surface area contributed by atoms with Crippen LogP contribution in [0.1, 0.15) is 52.7 Å². The van der Waals surface area contributed by atoms with Crippen LogP contribution in [0.15, 0.2) is 78.8 Å². The van der Waals surface area contributed by atoms with Crippen LogP contribution in [0.25, 0.3) is 27.8 Å². The van der Waals surface area contributed by atoms with Crippen LogP contribution in [0.2, 0.25) is 0 Å². The zero-order valence-electron chi connectivity index (χ0n) is 23.0. The maximum absolute atomic E-state index is 11.5. The third-order valence-corrected chi connectivity index (χ3v) is 5.90. The molecule has 0 aliphatic rings. The van der Waals surface area contributed by atoms with Gasteiger partial charge in [0, 0.05) is 60.5 Å². The van der Waals surface area contributed by atoms with Gasteiger partial charge in [-0.1, -0.05) is 60.6 Å². The van der Waals surface area contributed by atoms with Crippen molar-refractivity contribution in [2.45, 2.75) is 55.4 Å². The first-order chi connectivity index (χ1) is 16.8. The van der Waals surface area contributed by atoms with Crippen LogP contribution in [0.5, 0.6) is 0 Å². The summed E-state index contributed by atoms with van der Waals surface area (Å²) in [5.74, 6) is 0.104. The average molecular weight is 674 g/mol. The number of rotatable bonds is 3. The summed E-state index contributed by atoms with van der Waals surface area (Å²) in [4.78, 5) is 16.3. The molecule has 0 atom stereocenters. The summed E-state index contributed by atoms with van der Waals surface area (Å²) >= 11 is 0. The molecule has 5 heteroatoms. The number of hydrogen-bond acceptors (Lipinski definition) is 3. The Morgan fingerprint density at radius 1 is 0.946 bits per heavy atom. The molecule has 4 nitrogen and oxygen atoms in total. The number of ketones is 1. The molecule has 1 radical (unpaired) electrons. The Balaban J connectivity index is 0.000000299. The predicted octanol–water partition coefficient (Wildman–Crippen LogP) is 8.20.